The highest BCUT2D eigenvalue weighted by Crippen LogP contribution is 2.27. The molecule has 6 heterocycles. The third-order valence-electron chi connectivity index (χ3n) is 6.81. The van der Waals surface area contributed by atoms with Crippen molar-refractivity contribution in [2.24, 2.45) is 0 Å². The van der Waals surface area contributed by atoms with Crippen molar-refractivity contribution in [3.8, 4) is 11.3 Å². The van der Waals surface area contributed by atoms with Gasteiger partial charge >= 0.3 is 0 Å². The van der Waals surface area contributed by atoms with Crippen LogP contribution >= 0.6 is 0 Å². The Hall–Kier alpha value is -3.25. The lowest BCUT2D eigenvalue weighted by molar-refractivity contribution is -0.0767. The molecule has 2 fully saturated rings. The van der Waals surface area contributed by atoms with E-state index in [9.17, 15) is 13.2 Å². The molecule has 9 nitrogen and oxygen atoms in total. The minimum absolute atomic E-state index is 0.341. The van der Waals surface area contributed by atoms with Crippen molar-refractivity contribution in [1.82, 2.24) is 34.0 Å². The fourth-order valence-corrected chi connectivity index (χ4v) is 4.82. The quantitative estimate of drug-likeness (QED) is 0.449. The maximum Gasteiger partial charge on any atom is 0.256 e. The Balaban J connectivity index is 1.26. The summed E-state index contributed by atoms with van der Waals surface area (Å²) < 4.78 is 49.1. The molecular formula is C23H25F3N8O. The van der Waals surface area contributed by atoms with Gasteiger partial charge in [-0.05, 0) is 31.5 Å². The normalized spacial score (nSPS) is 21.7. The van der Waals surface area contributed by atoms with Gasteiger partial charge in [0, 0.05) is 24.8 Å². The summed E-state index contributed by atoms with van der Waals surface area (Å²) >= 11 is 0. The van der Waals surface area contributed by atoms with Crippen molar-refractivity contribution < 1.29 is 17.9 Å². The first-order valence-electron chi connectivity index (χ1n) is 11.7. The number of anilines is 1. The largest absolute Gasteiger partial charge is 0.378 e. The number of alkyl halides is 3. The molecule has 2 aliphatic rings. The minimum Gasteiger partial charge on any atom is -0.378 e. The first kappa shape index (κ1) is 22.2. The van der Waals surface area contributed by atoms with E-state index in [1.54, 1.807) is 36.0 Å². The number of halogens is 3. The molecule has 2 atom stereocenters. The first-order valence-corrected chi connectivity index (χ1v) is 11.7. The Kier molecular flexibility index (Phi) is 5.56. The van der Waals surface area contributed by atoms with Crippen LogP contribution in [0.5, 0.6) is 0 Å². The number of nitrogens with zero attached hydrogens (tertiary/aromatic N) is 7. The van der Waals surface area contributed by atoms with Crippen LogP contribution in [0, 0.1) is 6.92 Å². The van der Waals surface area contributed by atoms with Crippen LogP contribution in [-0.4, -0.2) is 85.0 Å². The molecule has 4 aromatic heterocycles. The molecule has 12 heteroatoms. The first-order chi connectivity index (χ1) is 17.0. The van der Waals surface area contributed by atoms with Crippen LogP contribution in [0.4, 0.5) is 19.1 Å². The molecule has 0 aromatic carbocycles. The topological polar surface area (TPSA) is 85.4 Å². The molecule has 0 bridgehead atoms. The van der Waals surface area contributed by atoms with E-state index in [1.165, 1.54) is 4.57 Å². The van der Waals surface area contributed by atoms with Crippen LogP contribution < -0.4 is 5.32 Å². The van der Waals surface area contributed by atoms with Gasteiger partial charge in [-0.2, -0.15) is 0 Å². The third kappa shape index (κ3) is 4.10. The number of hydrogen-bond acceptors (Lipinski definition) is 7. The van der Waals surface area contributed by atoms with E-state index in [2.05, 4.69) is 30.3 Å². The van der Waals surface area contributed by atoms with Crippen molar-refractivity contribution in [3.63, 3.8) is 0 Å². The number of ether oxygens (including phenoxy) is 1. The summed E-state index contributed by atoms with van der Waals surface area (Å²) in [6, 6.07) is 5.37. The molecule has 2 saturated heterocycles. The number of aromatic nitrogens is 6. The summed E-state index contributed by atoms with van der Waals surface area (Å²) in [7, 11) is 0. The molecule has 0 saturated carbocycles. The van der Waals surface area contributed by atoms with Crippen LogP contribution in [0.1, 0.15) is 12.2 Å². The Morgan fingerprint density at radius 2 is 2.06 bits per heavy atom. The number of imidazole rings is 1. The summed E-state index contributed by atoms with van der Waals surface area (Å²) in [5.74, 6) is 0.830. The second kappa shape index (κ2) is 8.76. The number of pyridine rings is 1. The molecular weight excluding hydrogens is 461 g/mol. The second-order valence-corrected chi connectivity index (χ2v) is 9.08. The van der Waals surface area contributed by atoms with Crippen molar-refractivity contribution in [3.05, 3.63) is 36.4 Å². The maximum absolute atomic E-state index is 14.6. The Morgan fingerprint density at radius 1 is 1.20 bits per heavy atom. The smallest absolute Gasteiger partial charge is 0.256 e. The van der Waals surface area contributed by atoms with Crippen molar-refractivity contribution in [2.45, 2.75) is 44.6 Å². The van der Waals surface area contributed by atoms with Gasteiger partial charge in [-0.15, -0.1) is 5.10 Å². The lowest BCUT2D eigenvalue weighted by atomic mass is 10.0. The maximum atomic E-state index is 14.6. The number of fused-ring (bicyclic) bond motifs is 2. The minimum atomic E-state index is -2.51. The molecule has 2 aliphatic heterocycles. The number of rotatable bonds is 6. The van der Waals surface area contributed by atoms with E-state index in [0.29, 0.717) is 66.4 Å². The van der Waals surface area contributed by atoms with Crippen molar-refractivity contribution >= 4 is 22.6 Å². The Bertz CT molecular complexity index is 1370. The van der Waals surface area contributed by atoms with Gasteiger partial charge in [0.2, 0.25) is 5.95 Å². The van der Waals surface area contributed by atoms with Crippen LogP contribution in [0.2, 0.25) is 0 Å². The van der Waals surface area contributed by atoms with Crippen LogP contribution in [0.3, 0.4) is 0 Å². The van der Waals surface area contributed by atoms with Crippen LogP contribution in [-0.2, 0) is 11.3 Å². The number of aryl methyl sites for hydroxylation is 1. The average molecular weight is 487 g/mol. The number of nitrogens with one attached hydrogen (secondary N) is 1. The Morgan fingerprint density at radius 3 is 2.83 bits per heavy atom. The monoisotopic (exact) mass is 486 g/mol. The average Bonchev–Trinajstić information content (AvgIpc) is 3.35. The van der Waals surface area contributed by atoms with E-state index in [4.69, 9.17) is 4.74 Å². The molecule has 35 heavy (non-hydrogen) atoms. The summed E-state index contributed by atoms with van der Waals surface area (Å²) in [5.41, 5.74) is 3.04. The van der Waals surface area contributed by atoms with Gasteiger partial charge in [0.05, 0.1) is 49.2 Å². The molecule has 0 spiro atoms. The fraction of sp³-hybridized carbons (Fsp3) is 0.478. The highest BCUT2D eigenvalue weighted by Gasteiger charge is 2.35. The fourth-order valence-electron chi connectivity index (χ4n) is 4.82. The standard InChI is InChI=1S/C23H25F3N8O/c1-13-28-18-3-2-17(29-22(18)33(13)10-21(25)26)15-4-7-34-20(15)8-27-23(31-34)30-19-9-32(6-5-16(19)24)14-11-35-12-14/h2-4,7-8,14,16,19,21H,5-6,9-12H2,1H3,(H,30,31)/t16-,19+/m1/s1. The molecule has 0 aliphatic carbocycles. The van der Waals surface area contributed by atoms with E-state index in [1.807, 2.05) is 6.07 Å². The van der Waals surface area contributed by atoms with Gasteiger partial charge in [-0.1, -0.05) is 0 Å². The molecule has 4 aromatic rings. The Labute approximate surface area is 198 Å². The predicted octanol–water partition coefficient (Wildman–Crippen LogP) is 2.94. The summed E-state index contributed by atoms with van der Waals surface area (Å²) in [6.07, 6.45) is 0.403. The van der Waals surface area contributed by atoms with Gasteiger partial charge in [0.1, 0.15) is 17.5 Å². The molecule has 0 unspecified atom stereocenters. The molecule has 1 N–H and O–H groups in total. The molecule has 6 rings (SSSR count). The van der Waals surface area contributed by atoms with E-state index in [-0.39, 0.29) is 0 Å². The summed E-state index contributed by atoms with van der Waals surface area (Å²) in [4.78, 5) is 15.6. The van der Waals surface area contributed by atoms with Gasteiger partial charge in [-0.3, -0.25) is 4.90 Å². The molecule has 0 radical (unpaired) electrons. The zero-order valence-corrected chi connectivity index (χ0v) is 19.1. The van der Waals surface area contributed by atoms with Crippen LogP contribution in [0.25, 0.3) is 27.9 Å². The highest BCUT2D eigenvalue weighted by atomic mass is 19.3. The van der Waals surface area contributed by atoms with Gasteiger partial charge in [0.25, 0.3) is 6.43 Å². The number of hydrogen-bond donors (Lipinski definition) is 1. The number of likely N-dealkylation sites (tertiary alicyclic amines) is 1. The van der Waals surface area contributed by atoms with E-state index in [0.717, 1.165) is 12.1 Å². The SMILES string of the molecule is Cc1nc2ccc(-c3ccn4nc(N[C@H]5CN(C6COC6)CC[C@H]5F)ncc34)nc2n1CC(F)F. The van der Waals surface area contributed by atoms with Gasteiger partial charge in [0.15, 0.2) is 5.65 Å². The lowest BCUT2D eigenvalue weighted by Gasteiger charge is -2.43. The van der Waals surface area contributed by atoms with Crippen molar-refractivity contribution in [2.75, 3.05) is 31.6 Å². The third-order valence-corrected chi connectivity index (χ3v) is 6.81. The predicted molar refractivity (Wildman–Crippen MR) is 123 cm³/mol. The van der Waals surface area contributed by atoms with E-state index < -0.39 is 25.2 Å². The highest BCUT2D eigenvalue weighted by molar-refractivity contribution is 5.82. The number of piperidine rings is 1. The lowest BCUT2D eigenvalue weighted by Crippen LogP contribution is -2.57. The zero-order valence-electron chi connectivity index (χ0n) is 19.1. The summed E-state index contributed by atoms with van der Waals surface area (Å²) in [6.45, 7) is 3.91. The second-order valence-electron chi connectivity index (χ2n) is 9.08. The van der Waals surface area contributed by atoms with Gasteiger partial charge < -0.3 is 14.6 Å². The molecule has 0 amide bonds. The van der Waals surface area contributed by atoms with Crippen LogP contribution in [0.15, 0.2) is 30.6 Å². The van der Waals surface area contributed by atoms with Gasteiger partial charge in [-0.25, -0.2) is 32.6 Å². The molecule has 184 valence electrons. The zero-order chi connectivity index (χ0) is 24.1. The summed E-state index contributed by atoms with van der Waals surface area (Å²) in [5, 5.41) is 7.68. The van der Waals surface area contributed by atoms with Crippen molar-refractivity contribution in [1.29, 1.82) is 0 Å². The van der Waals surface area contributed by atoms with E-state index >= 15 is 0 Å².